The smallest absolute Gasteiger partial charge is 0.257 e. The molecule has 0 aliphatic heterocycles. The highest BCUT2D eigenvalue weighted by atomic mass is 16.2. The largest absolute Gasteiger partial charge is 0.372 e. The van der Waals surface area contributed by atoms with Gasteiger partial charge in [-0.3, -0.25) is 4.79 Å². The summed E-state index contributed by atoms with van der Waals surface area (Å²) >= 11 is 0. The van der Waals surface area contributed by atoms with Crippen LogP contribution in [0.3, 0.4) is 0 Å². The number of nitrogens with zero attached hydrogens (tertiary/aromatic N) is 2. The highest BCUT2D eigenvalue weighted by Gasteiger charge is 2.15. The number of pyridine rings is 1. The minimum atomic E-state index is -0.0389. The average Bonchev–Trinajstić information content (AvgIpc) is 2.48. The molecule has 1 aromatic carbocycles. The van der Waals surface area contributed by atoms with E-state index in [4.69, 9.17) is 0 Å². The topological polar surface area (TPSA) is 45.2 Å². The molecular formula is C16H19N3O. The lowest BCUT2D eigenvalue weighted by molar-refractivity contribution is 0.0785. The van der Waals surface area contributed by atoms with Crippen molar-refractivity contribution in [1.82, 2.24) is 9.88 Å². The first-order valence-corrected chi connectivity index (χ1v) is 6.55. The van der Waals surface area contributed by atoms with Gasteiger partial charge in [0.05, 0.1) is 5.56 Å². The first-order chi connectivity index (χ1) is 9.61. The summed E-state index contributed by atoms with van der Waals surface area (Å²) in [6.07, 6.45) is 1.67. The summed E-state index contributed by atoms with van der Waals surface area (Å²) in [4.78, 5) is 18.3. The maximum Gasteiger partial charge on any atom is 0.257 e. The summed E-state index contributed by atoms with van der Waals surface area (Å²) in [6, 6.07) is 11.7. The molecule has 0 bridgehead atoms. The molecular weight excluding hydrogens is 250 g/mol. The normalized spacial score (nSPS) is 10.2. The minimum Gasteiger partial charge on any atom is -0.372 e. The zero-order valence-corrected chi connectivity index (χ0v) is 12.1. The fourth-order valence-electron chi connectivity index (χ4n) is 2.02. The SMILES string of the molecule is CNc1ncccc1C(=O)N(C)Cc1ccc(C)cc1. The number of rotatable bonds is 4. The van der Waals surface area contributed by atoms with Gasteiger partial charge >= 0.3 is 0 Å². The molecule has 0 aliphatic carbocycles. The van der Waals surface area contributed by atoms with E-state index in [1.165, 1.54) is 5.56 Å². The second kappa shape index (κ2) is 6.19. The van der Waals surface area contributed by atoms with Crippen LogP contribution < -0.4 is 5.32 Å². The molecule has 0 fully saturated rings. The Kier molecular flexibility index (Phi) is 4.35. The van der Waals surface area contributed by atoms with Crippen molar-refractivity contribution in [2.45, 2.75) is 13.5 Å². The molecule has 2 aromatic rings. The summed E-state index contributed by atoms with van der Waals surface area (Å²) in [5, 5.41) is 2.94. The van der Waals surface area contributed by atoms with Crippen molar-refractivity contribution in [3.63, 3.8) is 0 Å². The molecule has 4 heteroatoms. The summed E-state index contributed by atoms with van der Waals surface area (Å²) in [5.41, 5.74) is 2.92. The lowest BCUT2D eigenvalue weighted by Crippen LogP contribution is -2.27. The zero-order chi connectivity index (χ0) is 14.5. The number of aryl methyl sites for hydroxylation is 1. The number of anilines is 1. The third kappa shape index (κ3) is 3.15. The number of amides is 1. The van der Waals surface area contributed by atoms with Crippen LogP contribution in [0.2, 0.25) is 0 Å². The predicted octanol–water partition coefficient (Wildman–Crippen LogP) is 2.70. The quantitative estimate of drug-likeness (QED) is 0.928. The molecule has 0 saturated carbocycles. The maximum absolute atomic E-state index is 12.4. The lowest BCUT2D eigenvalue weighted by Gasteiger charge is -2.18. The van der Waals surface area contributed by atoms with Crippen LogP contribution >= 0.6 is 0 Å². The van der Waals surface area contributed by atoms with E-state index < -0.39 is 0 Å². The second-order valence-electron chi connectivity index (χ2n) is 4.80. The van der Waals surface area contributed by atoms with Gasteiger partial charge in [-0.25, -0.2) is 4.98 Å². The van der Waals surface area contributed by atoms with Crippen molar-refractivity contribution >= 4 is 11.7 Å². The Labute approximate surface area is 119 Å². The van der Waals surface area contributed by atoms with Gasteiger partial charge in [0.15, 0.2) is 0 Å². The Bertz CT molecular complexity index is 593. The van der Waals surface area contributed by atoms with Crippen LogP contribution in [-0.4, -0.2) is 29.9 Å². The second-order valence-corrected chi connectivity index (χ2v) is 4.80. The number of benzene rings is 1. The minimum absolute atomic E-state index is 0.0389. The molecule has 0 spiro atoms. The van der Waals surface area contributed by atoms with Gasteiger partial charge in [-0.2, -0.15) is 0 Å². The molecule has 1 aromatic heterocycles. The first-order valence-electron chi connectivity index (χ1n) is 6.55. The van der Waals surface area contributed by atoms with E-state index in [0.29, 0.717) is 17.9 Å². The monoisotopic (exact) mass is 269 g/mol. The summed E-state index contributed by atoms with van der Waals surface area (Å²) in [6.45, 7) is 2.63. The number of aromatic nitrogens is 1. The van der Waals surface area contributed by atoms with Crippen LogP contribution in [0.15, 0.2) is 42.6 Å². The van der Waals surface area contributed by atoms with Gasteiger partial charge in [-0.05, 0) is 24.6 Å². The number of nitrogens with one attached hydrogen (secondary N) is 1. The molecule has 0 radical (unpaired) electrons. The van der Waals surface area contributed by atoms with Gasteiger partial charge in [0.25, 0.3) is 5.91 Å². The standard InChI is InChI=1S/C16H19N3O/c1-12-6-8-13(9-7-12)11-19(3)16(20)14-5-4-10-18-15(14)17-2/h4-10H,11H2,1-3H3,(H,17,18). The Morgan fingerprint density at radius 2 is 1.95 bits per heavy atom. The van der Waals surface area contributed by atoms with E-state index in [1.54, 1.807) is 37.3 Å². The summed E-state index contributed by atoms with van der Waals surface area (Å²) in [5.74, 6) is 0.566. The molecule has 4 nitrogen and oxygen atoms in total. The van der Waals surface area contributed by atoms with E-state index >= 15 is 0 Å². The number of carbonyl (C=O) groups is 1. The summed E-state index contributed by atoms with van der Waals surface area (Å²) < 4.78 is 0. The molecule has 0 aliphatic rings. The van der Waals surface area contributed by atoms with Crippen molar-refractivity contribution in [2.75, 3.05) is 19.4 Å². The van der Waals surface area contributed by atoms with Crippen molar-refractivity contribution in [2.24, 2.45) is 0 Å². The van der Waals surface area contributed by atoms with Crippen LogP contribution in [0.4, 0.5) is 5.82 Å². The Morgan fingerprint density at radius 1 is 1.25 bits per heavy atom. The molecule has 20 heavy (non-hydrogen) atoms. The Balaban J connectivity index is 2.14. The molecule has 0 saturated heterocycles. The summed E-state index contributed by atoms with van der Waals surface area (Å²) in [7, 11) is 3.56. The van der Waals surface area contributed by atoms with Crippen molar-refractivity contribution in [3.05, 3.63) is 59.3 Å². The van der Waals surface area contributed by atoms with Gasteiger partial charge in [0.2, 0.25) is 0 Å². The number of hydrogen-bond acceptors (Lipinski definition) is 3. The molecule has 104 valence electrons. The van der Waals surface area contributed by atoms with E-state index in [9.17, 15) is 4.79 Å². The molecule has 0 unspecified atom stereocenters. The van der Waals surface area contributed by atoms with E-state index in [2.05, 4.69) is 22.4 Å². The van der Waals surface area contributed by atoms with Crippen molar-refractivity contribution in [1.29, 1.82) is 0 Å². The Morgan fingerprint density at radius 3 is 2.60 bits per heavy atom. The molecule has 0 atom stereocenters. The Hall–Kier alpha value is -2.36. The maximum atomic E-state index is 12.4. The van der Waals surface area contributed by atoms with Gasteiger partial charge in [0.1, 0.15) is 5.82 Å². The molecule has 1 heterocycles. The van der Waals surface area contributed by atoms with Gasteiger partial charge < -0.3 is 10.2 Å². The van der Waals surface area contributed by atoms with Crippen LogP contribution in [0.5, 0.6) is 0 Å². The molecule has 1 amide bonds. The fourth-order valence-corrected chi connectivity index (χ4v) is 2.02. The first kappa shape index (κ1) is 14.1. The van der Waals surface area contributed by atoms with Gasteiger partial charge in [0, 0.05) is 26.8 Å². The fraction of sp³-hybridized carbons (Fsp3) is 0.250. The number of hydrogen-bond donors (Lipinski definition) is 1. The van der Waals surface area contributed by atoms with Crippen LogP contribution in [-0.2, 0) is 6.54 Å². The van der Waals surface area contributed by atoms with Gasteiger partial charge in [-0.1, -0.05) is 29.8 Å². The molecule has 2 rings (SSSR count). The van der Waals surface area contributed by atoms with Crippen LogP contribution in [0.25, 0.3) is 0 Å². The molecule has 1 N–H and O–H groups in total. The third-order valence-corrected chi connectivity index (χ3v) is 3.16. The third-order valence-electron chi connectivity index (χ3n) is 3.16. The van der Waals surface area contributed by atoms with Crippen LogP contribution in [0, 0.1) is 6.92 Å². The predicted molar refractivity (Wildman–Crippen MR) is 80.8 cm³/mol. The highest BCUT2D eigenvalue weighted by molar-refractivity contribution is 5.98. The van der Waals surface area contributed by atoms with E-state index in [-0.39, 0.29) is 5.91 Å². The van der Waals surface area contributed by atoms with Crippen LogP contribution in [0.1, 0.15) is 21.5 Å². The highest BCUT2D eigenvalue weighted by Crippen LogP contribution is 2.14. The van der Waals surface area contributed by atoms with Gasteiger partial charge in [-0.15, -0.1) is 0 Å². The van der Waals surface area contributed by atoms with E-state index in [1.807, 2.05) is 19.1 Å². The zero-order valence-electron chi connectivity index (χ0n) is 12.1. The van der Waals surface area contributed by atoms with Crippen molar-refractivity contribution in [3.8, 4) is 0 Å². The van der Waals surface area contributed by atoms with E-state index in [0.717, 1.165) is 5.56 Å². The van der Waals surface area contributed by atoms with Crippen molar-refractivity contribution < 1.29 is 4.79 Å². The lowest BCUT2D eigenvalue weighted by atomic mass is 10.1. The number of carbonyl (C=O) groups excluding carboxylic acids is 1. The average molecular weight is 269 g/mol.